The highest BCUT2D eigenvalue weighted by molar-refractivity contribution is 8.00. The van der Waals surface area contributed by atoms with Crippen molar-refractivity contribution < 1.29 is 33.0 Å². The number of esters is 2. The Kier molecular flexibility index (Phi) is 12.0. The normalized spacial score (nSPS) is 11.6. The second-order valence-corrected chi connectivity index (χ2v) is 11.4. The van der Waals surface area contributed by atoms with Gasteiger partial charge in [0.05, 0.1) is 30.6 Å². The molecule has 0 radical (unpaired) electrons. The minimum absolute atomic E-state index is 0.0568. The topological polar surface area (TPSA) is 142 Å². The fourth-order valence-electron chi connectivity index (χ4n) is 3.84. The van der Waals surface area contributed by atoms with E-state index in [4.69, 9.17) is 9.47 Å². The van der Waals surface area contributed by atoms with Crippen LogP contribution < -0.4 is 10.6 Å². The number of carbonyl (C=O) groups excluding carboxylic acids is 4. The lowest BCUT2D eigenvalue weighted by atomic mass is 10.1. The molecule has 0 bridgehead atoms. The van der Waals surface area contributed by atoms with Crippen molar-refractivity contribution in [3.05, 3.63) is 57.5 Å². The number of thioether (sulfide) groups is 1. The molecule has 0 spiro atoms. The van der Waals surface area contributed by atoms with Crippen LogP contribution >= 0.6 is 23.1 Å². The van der Waals surface area contributed by atoms with Gasteiger partial charge in [0.2, 0.25) is 5.91 Å². The Labute approximate surface area is 251 Å². The summed E-state index contributed by atoms with van der Waals surface area (Å²) >= 11 is 2.12. The third kappa shape index (κ3) is 8.16. The molecule has 0 saturated heterocycles. The van der Waals surface area contributed by atoms with Crippen molar-refractivity contribution in [3.8, 4) is 0 Å². The van der Waals surface area contributed by atoms with Gasteiger partial charge in [-0.1, -0.05) is 31.2 Å². The van der Waals surface area contributed by atoms with Crippen molar-refractivity contribution in [2.45, 2.75) is 71.0 Å². The van der Waals surface area contributed by atoms with Gasteiger partial charge in [-0.25, -0.2) is 14.0 Å². The summed E-state index contributed by atoms with van der Waals surface area (Å²) < 4.78 is 25.6. The standard InChI is InChI=1S/C28H34FN5O6S2/c1-6-9-13-34-20(15-30-24(36)18-11-10-12-19(29)14-18)32-33-28(34)41-17(5)23(35)31-25-21(26(37)39-7-2)16(4)22(42-25)27(38)40-8-3/h10-12,14,17H,6-9,13,15H2,1-5H3,(H,30,36)(H,31,35)/t17-/m0/s1. The van der Waals surface area contributed by atoms with E-state index in [1.807, 2.05) is 11.5 Å². The van der Waals surface area contributed by atoms with E-state index < -0.39 is 34.8 Å². The number of halogens is 1. The summed E-state index contributed by atoms with van der Waals surface area (Å²) in [5.41, 5.74) is 0.668. The number of hydrogen-bond donors (Lipinski definition) is 2. The molecular formula is C28H34FN5O6S2. The summed E-state index contributed by atoms with van der Waals surface area (Å²) in [5.74, 6) is -2.14. The summed E-state index contributed by atoms with van der Waals surface area (Å²) in [6.07, 6.45) is 1.70. The molecule has 226 valence electrons. The molecule has 14 heteroatoms. The van der Waals surface area contributed by atoms with Gasteiger partial charge in [0.15, 0.2) is 11.0 Å². The molecule has 0 fully saturated rings. The van der Waals surface area contributed by atoms with Gasteiger partial charge in [-0.3, -0.25) is 9.59 Å². The first-order chi connectivity index (χ1) is 20.1. The number of unbranched alkanes of at least 4 members (excludes halogenated alkanes) is 1. The van der Waals surface area contributed by atoms with Crippen LogP contribution in [-0.4, -0.2) is 57.0 Å². The Morgan fingerprint density at radius 1 is 1.10 bits per heavy atom. The van der Waals surface area contributed by atoms with E-state index >= 15 is 0 Å². The van der Waals surface area contributed by atoms with Gasteiger partial charge in [-0.05, 0) is 57.9 Å². The minimum Gasteiger partial charge on any atom is -0.462 e. The summed E-state index contributed by atoms with van der Waals surface area (Å²) in [4.78, 5) is 51.1. The van der Waals surface area contributed by atoms with Crippen LogP contribution in [0.1, 0.15) is 82.3 Å². The maximum atomic E-state index is 13.5. The molecule has 0 saturated carbocycles. The number of rotatable bonds is 14. The van der Waals surface area contributed by atoms with Crippen molar-refractivity contribution in [2.75, 3.05) is 18.5 Å². The highest BCUT2D eigenvalue weighted by atomic mass is 32.2. The van der Waals surface area contributed by atoms with E-state index in [1.165, 1.54) is 18.2 Å². The molecule has 2 heterocycles. The zero-order valence-electron chi connectivity index (χ0n) is 24.1. The Balaban J connectivity index is 1.77. The number of benzene rings is 1. The first kappa shape index (κ1) is 32.7. The van der Waals surface area contributed by atoms with Gasteiger partial charge in [0, 0.05) is 12.1 Å². The van der Waals surface area contributed by atoms with Gasteiger partial charge in [0.25, 0.3) is 5.91 Å². The van der Waals surface area contributed by atoms with E-state index in [2.05, 4.69) is 20.8 Å². The quantitative estimate of drug-likeness (QED) is 0.189. The summed E-state index contributed by atoms with van der Waals surface area (Å²) in [5, 5.41) is 14.0. The molecule has 0 aliphatic carbocycles. The number of thiophene rings is 1. The smallest absolute Gasteiger partial charge is 0.348 e. The fourth-order valence-corrected chi connectivity index (χ4v) is 5.82. The molecule has 11 nitrogen and oxygen atoms in total. The van der Waals surface area contributed by atoms with Crippen LogP contribution in [0.2, 0.25) is 0 Å². The Bertz CT molecular complexity index is 1440. The summed E-state index contributed by atoms with van der Waals surface area (Å²) in [6.45, 7) is 9.57. The van der Waals surface area contributed by atoms with E-state index in [9.17, 15) is 23.6 Å². The van der Waals surface area contributed by atoms with Crippen LogP contribution in [-0.2, 0) is 27.4 Å². The Hall–Kier alpha value is -3.78. The Morgan fingerprint density at radius 2 is 1.81 bits per heavy atom. The number of nitrogens with zero attached hydrogens (tertiary/aromatic N) is 3. The zero-order valence-corrected chi connectivity index (χ0v) is 25.7. The van der Waals surface area contributed by atoms with Crippen molar-refractivity contribution in [3.63, 3.8) is 0 Å². The number of nitrogens with one attached hydrogen (secondary N) is 2. The van der Waals surface area contributed by atoms with Gasteiger partial charge >= 0.3 is 11.9 Å². The molecule has 42 heavy (non-hydrogen) atoms. The van der Waals surface area contributed by atoms with E-state index in [-0.39, 0.29) is 40.8 Å². The molecule has 0 unspecified atom stereocenters. The average Bonchev–Trinajstić information content (AvgIpc) is 3.49. The summed E-state index contributed by atoms with van der Waals surface area (Å²) in [6, 6.07) is 5.38. The van der Waals surface area contributed by atoms with Crippen molar-refractivity contribution in [2.24, 2.45) is 0 Å². The third-order valence-corrected chi connectivity index (χ3v) is 8.27. The average molecular weight is 620 g/mol. The van der Waals surface area contributed by atoms with E-state index in [0.29, 0.717) is 23.1 Å². The van der Waals surface area contributed by atoms with Gasteiger partial charge < -0.3 is 24.7 Å². The molecule has 2 N–H and O–H groups in total. The molecule has 2 amide bonds. The minimum atomic E-state index is -0.673. The highest BCUT2D eigenvalue weighted by Gasteiger charge is 2.29. The molecule has 3 rings (SSSR count). The molecule has 0 aliphatic heterocycles. The lowest BCUT2D eigenvalue weighted by molar-refractivity contribution is -0.115. The number of anilines is 1. The molecule has 2 aromatic heterocycles. The number of aromatic nitrogens is 3. The van der Waals surface area contributed by atoms with E-state index in [1.54, 1.807) is 27.7 Å². The molecule has 1 atom stereocenters. The van der Waals surface area contributed by atoms with Crippen molar-refractivity contribution >= 4 is 51.9 Å². The van der Waals surface area contributed by atoms with Gasteiger partial charge in [0.1, 0.15) is 15.7 Å². The van der Waals surface area contributed by atoms with Gasteiger partial charge in [-0.2, -0.15) is 0 Å². The van der Waals surface area contributed by atoms with E-state index in [0.717, 1.165) is 42.0 Å². The first-order valence-corrected chi connectivity index (χ1v) is 15.2. The van der Waals surface area contributed by atoms with Crippen LogP contribution in [0.5, 0.6) is 0 Å². The lowest BCUT2D eigenvalue weighted by Gasteiger charge is -2.14. The Morgan fingerprint density at radius 3 is 2.48 bits per heavy atom. The SMILES string of the molecule is CCCCn1c(CNC(=O)c2cccc(F)c2)nnc1S[C@@H](C)C(=O)Nc1sc(C(=O)OCC)c(C)c1C(=O)OCC. The maximum Gasteiger partial charge on any atom is 0.348 e. The van der Waals surface area contributed by atoms with Crippen LogP contribution in [0, 0.1) is 12.7 Å². The molecule has 0 aliphatic rings. The van der Waals surface area contributed by atoms with Crippen molar-refractivity contribution in [1.82, 2.24) is 20.1 Å². The number of amides is 2. The second-order valence-electron chi connectivity index (χ2n) is 9.05. The molecule has 3 aromatic rings. The second kappa shape index (κ2) is 15.4. The lowest BCUT2D eigenvalue weighted by Crippen LogP contribution is -2.25. The van der Waals surface area contributed by atoms with Gasteiger partial charge in [-0.15, -0.1) is 21.5 Å². The van der Waals surface area contributed by atoms with Crippen LogP contribution in [0.3, 0.4) is 0 Å². The van der Waals surface area contributed by atoms with Crippen LogP contribution in [0.4, 0.5) is 9.39 Å². The maximum absolute atomic E-state index is 13.5. The van der Waals surface area contributed by atoms with Crippen molar-refractivity contribution in [1.29, 1.82) is 0 Å². The number of hydrogen-bond acceptors (Lipinski definition) is 10. The zero-order chi connectivity index (χ0) is 30.8. The molecular weight excluding hydrogens is 585 g/mol. The van der Waals surface area contributed by atoms with Crippen LogP contribution in [0.25, 0.3) is 0 Å². The highest BCUT2D eigenvalue weighted by Crippen LogP contribution is 2.35. The predicted molar refractivity (Wildman–Crippen MR) is 157 cm³/mol. The third-order valence-electron chi connectivity index (χ3n) is 6.00. The monoisotopic (exact) mass is 619 g/mol. The fraction of sp³-hybridized carbons (Fsp3) is 0.429. The molecule has 1 aromatic carbocycles. The van der Waals surface area contributed by atoms with Crippen LogP contribution in [0.15, 0.2) is 29.4 Å². The summed E-state index contributed by atoms with van der Waals surface area (Å²) in [7, 11) is 0. The largest absolute Gasteiger partial charge is 0.462 e. The first-order valence-electron chi connectivity index (χ1n) is 13.5. The number of carbonyl (C=O) groups is 4. The number of ether oxygens (including phenoxy) is 2. The predicted octanol–water partition coefficient (Wildman–Crippen LogP) is 4.99.